The molecule has 0 bridgehead atoms. The first-order valence-corrected chi connectivity index (χ1v) is 12.3. The molecule has 3 aromatic rings. The van der Waals surface area contributed by atoms with Crippen LogP contribution in [0.1, 0.15) is 51.3 Å². The van der Waals surface area contributed by atoms with Crippen LogP contribution < -0.4 is 9.47 Å². The van der Waals surface area contributed by atoms with E-state index in [0.29, 0.717) is 36.4 Å². The number of aliphatic hydroxyl groups excluding tert-OH is 1. The molecule has 0 unspecified atom stereocenters. The number of para-hydroxylation sites is 3. The Hall–Kier alpha value is -2.83. The number of rotatable bonds is 13. The van der Waals surface area contributed by atoms with E-state index >= 15 is 0 Å². The highest BCUT2D eigenvalue weighted by Crippen LogP contribution is 2.36. The molecule has 1 atom stereocenters. The lowest BCUT2D eigenvalue weighted by molar-refractivity contribution is 0.0927. The molecule has 6 nitrogen and oxygen atoms in total. The number of aromatic nitrogens is 2. The van der Waals surface area contributed by atoms with Crippen LogP contribution >= 0.6 is 0 Å². The molecule has 1 aromatic heterocycles. The van der Waals surface area contributed by atoms with Crippen LogP contribution in [0.15, 0.2) is 54.6 Å². The lowest BCUT2D eigenvalue weighted by Gasteiger charge is -2.27. The molecule has 6 heteroatoms. The van der Waals surface area contributed by atoms with Gasteiger partial charge < -0.3 is 14.6 Å². The van der Waals surface area contributed by atoms with E-state index in [1.165, 1.54) is 0 Å². The predicted molar refractivity (Wildman–Crippen MR) is 137 cm³/mol. The first-order valence-electron chi connectivity index (χ1n) is 12.3. The van der Waals surface area contributed by atoms with Crippen molar-refractivity contribution < 1.29 is 14.6 Å². The van der Waals surface area contributed by atoms with E-state index in [0.717, 1.165) is 42.8 Å². The van der Waals surface area contributed by atoms with Gasteiger partial charge in [-0.25, -0.2) is 4.68 Å². The molecular weight excluding hydrogens is 426 g/mol. The van der Waals surface area contributed by atoms with Crippen LogP contribution in [0.3, 0.4) is 0 Å². The molecule has 0 radical (unpaired) electrons. The second-order valence-electron chi connectivity index (χ2n) is 9.25. The summed E-state index contributed by atoms with van der Waals surface area (Å²) in [6, 6.07) is 17.7. The Bertz CT molecular complexity index is 1020. The first-order chi connectivity index (χ1) is 16.4. The third-order valence-corrected chi connectivity index (χ3v) is 5.78. The Kier molecular flexibility index (Phi) is 9.54. The molecule has 0 saturated heterocycles. The monoisotopic (exact) mass is 465 g/mol. The van der Waals surface area contributed by atoms with Gasteiger partial charge in [0.2, 0.25) is 5.88 Å². The zero-order valence-corrected chi connectivity index (χ0v) is 21.2. The maximum Gasteiger partial charge on any atom is 0.227 e. The molecule has 184 valence electrons. The van der Waals surface area contributed by atoms with Crippen molar-refractivity contribution in [1.29, 1.82) is 0 Å². The molecular formula is C28H39N3O3. The topological polar surface area (TPSA) is 59.8 Å². The van der Waals surface area contributed by atoms with Gasteiger partial charge in [0.05, 0.1) is 30.2 Å². The number of methoxy groups -OCH3 is 1. The summed E-state index contributed by atoms with van der Waals surface area (Å²) in [5, 5.41) is 15.5. The Labute approximate surface area is 204 Å². The number of ether oxygens (including phenoxy) is 2. The van der Waals surface area contributed by atoms with Gasteiger partial charge in [-0.05, 0) is 43.5 Å². The van der Waals surface area contributed by atoms with Gasteiger partial charge >= 0.3 is 0 Å². The summed E-state index contributed by atoms with van der Waals surface area (Å²) in [5.74, 6) is 2.45. The maximum atomic E-state index is 10.7. The fourth-order valence-electron chi connectivity index (χ4n) is 4.15. The van der Waals surface area contributed by atoms with Crippen LogP contribution in [0.4, 0.5) is 0 Å². The van der Waals surface area contributed by atoms with Crippen molar-refractivity contribution in [3.05, 3.63) is 65.9 Å². The zero-order chi connectivity index (χ0) is 24.5. The molecule has 0 aliphatic rings. The van der Waals surface area contributed by atoms with E-state index in [1.807, 2.05) is 66.2 Å². The summed E-state index contributed by atoms with van der Waals surface area (Å²) in [4.78, 5) is 2.32. The Morgan fingerprint density at radius 3 is 2.32 bits per heavy atom. The molecule has 3 rings (SSSR count). The van der Waals surface area contributed by atoms with Gasteiger partial charge in [0.1, 0.15) is 0 Å². The molecule has 1 heterocycles. The van der Waals surface area contributed by atoms with Crippen molar-refractivity contribution in [2.24, 2.45) is 5.92 Å². The maximum absolute atomic E-state index is 10.7. The molecule has 0 spiro atoms. The predicted octanol–water partition coefficient (Wildman–Crippen LogP) is 5.99. The minimum Gasteiger partial charge on any atom is -0.493 e. The minimum absolute atomic E-state index is 0.346. The van der Waals surface area contributed by atoms with Crippen LogP contribution in [-0.4, -0.2) is 46.1 Å². The summed E-state index contributed by atoms with van der Waals surface area (Å²) in [6.45, 7) is 10.7. The number of nitrogens with zero attached hydrogens (tertiary/aromatic N) is 3. The number of hydrogen-bond acceptors (Lipinski definition) is 5. The van der Waals surface area contributed by atoms with Crippen LogP contribution in [0.2, 0.25) is 0 Å². The van der Waals surface area contributed by atoms with Crippen molar-refractivity contribution in [2.75, 3.05) is 20.2 Å². The van der Waals surface area contributed by atoms with Gasteiger partial charge in [-0.1, -0.05) is 63.9 Å². The van der Waals surface area contributed by atoms with Crippen LogP contribution in [0.25, 0.3) is 5.69 Å². The largest absolute Gasteiger partial charge is 0.493 e. The van der Waals surface area contributed by atoms with Crippen LogP contribution in [-0.2, 0) is 6.54 Å². The fourth-order valence-corrected chi connectivity index (χ4v) is 4.15. The van der Waals surface area contributed by atoms with E-state index < -0.39 is 0 Å². The number of aliphatic hydroxyl groups is 1. The Morgan fingerprint density at radius 1 is 1.00 bits per heavy atom. The van der Waals surface area contributed by atoms with Crippen molar-refractivity contribution in [3.8, 4) is 23.1 Å². The molecule has 0 aliphatic heterocycles. The summed E-state index contributed by atoms with van der Waals surface area (Å²) >= 11 is 0. The first kappa shape index (κ1) is 25.8. The van der Waals surface area contributed by atoms with Crippen molar-refractivity contribution in [1.82, 2.24) is 14.7 Å². The molecule has 2 aromatic carbocycles. The van der Waals surface area contributed by atoms with Gasteiger partial charge in [-0.2, -0.15) is 5.10 Å². The molecule has 1 N–H and O–H groups in total. The highest BCUT2D eigenvalue weighted by molar-refractivity contribution is 5.47. The van der Waals surface area contributed by atoms with Crippen molar-refractivity contribution >= 4 is 0 Å². The Morgan fingerprint density at radius 2 is 1.68 bits per heavy atom. The number of hydrogen-bond donors (Lipinski definition) is 1. The third-order valence-electron chi connectivity index (χ3n) is 5.78. The van der Waals surface area contributed by atoms with Gasteiger partial charge in [-0.3, -0.25) is 4.90 Å². The zero-order valence-electron chi connectivity index (χ0n) is 21.2. The number of unbranched alkanes of at least 4 members (excludes halogenated alkanes) is 1. The normalized spacial score (nSPS) is 12.4. The van der Waals surface area contributed by atoms with Crippen molar-refractivity contribution in [2.45, 2.75) is 59.6 Å². The van der Waals surface area contributed by atoms with Crippen LogP contribution in [0.5, 0.6) is 17.4 Å². The molecule has 0 aliphatic carbocycles. The molecule has 0 saturated carbocycles. The summed E-state index contributed by atoms with van der Waals surface area (Å²) < 4.78 is 13.9. The molecule has 0 fully saturated rings. The van der Waals surface area contributed by atoms with E-state index in [4.69, 9.17) is 14.6 Å². The van der Waals surface area contributed by atoms with Crippen LogP contribution in [0, 0.1) is 12.8 Å². The van der Waals surface area contributed by atoms with Crippen molar-refractivity contribution in [3.63, 3.8) is 0 Å². The van der Waals surface area contributed by atoms with Gasteiger partial charge in [0, 0.05) is 19.6 Å². The second kappa shape index (κ2) is 12.6. The average Bonchev–Trinajstić information content (AvgIpc) is 3.13. The summed E-state index contributed by atoms with van der Waals surface area (Å²) in [7, 11) is 1.64. The quantitative estimate of drug-likeness (QED) is 0.336. The second-order valence-corrected chi connectivity index (χ2v) is 9.25. The summed E-state index contributed by atoms with van der Waals surface area (Å²) in [5.41, 5.74) is 2.85. The van der Waals surface area contributed by atoms with Gasteiger partial charge in [0.25, 0.3) is 0 Å². The fraction of sp³-hybridized carbons (Fsp3) is 0.464. The Balaban J connectivity index is 2.00. The molecule has 0 amide bonds. The number of benzene rings is 2. The lowest BCUT2D eigenvalue weighted by atomic mass is 10.1. The van der Waals surface area contributed by atoms with Gasteiger partial charge in [-0.15, -0.1) is 0 Å². The highest BCUT2D eigenvalue weighted by atomic mass is 16.5. The smallest absolute Gasteiger partial charge is 0.227 e. The summed E-state index contributed by atoms with van der Waals surface area (Å²) in [6.07, 6.45) is 2.59. The van der Waals surface area contributed by atoms with Gasteiger partial charge in [0.15, 0.2) is 11.5 Å². The molecule has 34 heavy (non-hydrogen) atoms. The lowest BCUT2D eigenvalue weighted by Crippen LogP contribution is -2.35. The SMILES string of the molecule is CCCC[C@H](O)CN(Cc1c(C)nn(-c2ccccc2)c1Oc1ccccc1OC)CC(C)C. The van der Waals surface area contributed by atoms with E-state index in [2.05, 4.69) is 25.7 Å². The highest BCUT2D eigenvalue weighted by Gasteiger charge is 2.23. The minimum atomic E-state index is -0.346. The van der Waals surface area contributed by atoms with E-state index in [-0.39, 0.29) is 6.10 Å². The standard InChI is InChI=1S/C28H39N3O3/c1-6-7-15-24(32)19-30(18-21(2)3)20-25-22(4)29-31(23-13-9-8-10-14-23)28(25)34-27-17-12-11-16-26(27)33-5/h8-14,16-17,21,24,32H,6-7,15,18-20H2,1-5H3/t24-/m0/s1. The third kappa shape index (κ3) is 6.84. The van der Waals surface area contributed by atoms with E-state index in [1.54, 1.807) is 7.11 Å². The number of aryl methyl sites for hydroxylation is 1. The average molecular weight is 466 g/mol. The van der Waals surface area contributed by atoms with E-state index in [9.17, 15) is 5.11 Å².